The first kappa shape index (κ1) is 25.1. The van der Waals surface area contributed by atoms with E-state index < -0.39 is 0 Å². The molecule has 2 aromatic carbocycles. The predicted molar refractivity (Wildman–Crippen MR) is 140 cm³/mol. The summed E-state index contributed by atoms with van der Waals surface area (Å²) in [7, 11) is 0. The van der Waals surface area contributed by atoms with Gasteiger partial charge in [-0.2, -0.15) is 0 Å². The molecule has 0 atom stereocenters. The highest BCUT2D eigenvalue weighted by Crippen LogP contribution is 2.26. The number of unbranched alkanes of at least 4 members (excludes halogenated alkanes) is 2. The van der Waals surface area contributed by atoms with Crippen molar-refractivity contribution in [2.75, 3.05) is 26.2 Å². The summed E-state index contributed by atoms with van der Waals surface area (Å²) in [6.45, 7) is 10.9. The molecule has 0 fully saturated rings. The monoisotopic (exact) mass is 473 g/mol. The molecule has 5 heteroatoms. The molecule has 1 aromatic heterocycles. The standard InChI is InChI=1S/C27H37Cl2N3/c1-3-5-15-31(16-6-4-2)17-9-14-30-19-23-21-32(27-11-8-7-10-24(23)27)20-22-12-13-25(28)26(29)18-22/h7-8,10-13,18,21,30H,3-6,9,14-17,19-20H2,1-2H3. The molecule has 0 bridgehead atoms. The van der Waals surface area contributed by atoms with Gasteiger partial charge in [0.15, 0.2) is 0 Å². The van der Waals surface area contributed by atoms with Crippen molar-refractivity contribution in [1.29, 1.82) is 0 Å². The van der Waals surface area contributed by atoms with Gasteiger partial charge in [0.25, 0.3) is 0 Å². The van der Waals surface area contributed by atoms with Crippen molar-refractivity contribution < 1.29 is 0 Å². The Morgan fingerprint density at radius 1 is 0.875 bits per heavy atom. The van der Waals surface area contributed by atoms with E-state index in [1.165, 1.54) is 68.2 Å². The number of benzene rings is 2. The van der Waals surface area contributed by atoms with Crippen molar-refractivity contribution >= 4 is 34.1 Å². The van der Waals surface area contributed by atoms with Crippen LogP contribution in [0.25, 0.3) is 10.9 Å². The molecule has 0 saturated heterocycles. The van der Waals surface area contributed by atoms with Crippen LogP contribution in [0.15, 0.2) is 48.7 Å². The van der Waals surface area contributed by atoms with Crippen LogP contribution in [-0.2, 0) is 13.1 Å². The minimum Gasteiger partial charge on any atom is -0.343 e. The fourth-order valence-corrected chi connectivity index (χ4v) is 4.50. The molecule has 0 amide bonds. The van der Waals surface area contributed by atoms with Gasteiger partial charge in [0.2, 0.25) is 0 Å². The van der Waals surface area contributed by atoms with E-state index in [1.807, 2.05) is 18.2 Å². The maximum Gasteiger partial charge on any atom is 0.0595 e. The Balaban J connectivity index is 1.57. The van der Waals surface area contributed by atoms with Gasteiger partial charge in [-0.15, -0.1) is 0 Å². The second kappa shape index (κ2) is 13.3. The molecule has 1 N–H and O–H groups in total. The van der Waals surface area contributed by atoms with Crippen molar-refractivity contribution in [3.8, 4) is 0 Å². The molecule has 1 heterocycles. The van der Waals surface area contributed by atoms with E-state index in [2.05, 4.69) is 59.1 Å². The second-order valence-electron chi connectivity index (χ2n) is 8.63. The van der Waals surface area contributed by atoms with Crippen LogP contribution in [0.3, 0.4) is 0 Å². The molecule has 3 nitrogen and oxygen atoms in total. The maximum absolute atomic E-state index is 6.23. The fourth-order valence-electron chi connectivity index (χ4n) is 4.18. The molecule has 3 aromatic rings. The van der Waals surface area contributed by atoms with E-state index in [9.17, 15) is 0 Å². The minimum atomic E-state index is 0.598. The highest BCUT2D eigenvalue weighted by molar-refractivity contribution is 6.42. The van der Waals surface area contributed by atoms with Crippen LogP contribution in [0.1, 0.15) is 57.1 Å². The van der Waals surface area contributed by atoms with Gasteiger partial charge in [0.1, 0.15) is 0 Å². The van der Waals surface area contributed by atoms with Crippen molar-refractivity contribution in [2.45, 2.75) is 59.0 Å². The molecule has 0 spiro atoms. The number of nitrogens with one attached hydrogen (secondary N) is 1. The van der Waals surface area contributed by atoms with Crippen LogP contribution in [0.4, 0.5) is 0 Å². The Morgan fingerprint density at radius 2 is 1.59 bits per heavy atom. The summed E-state index contributed by atoms with van der Waals surface area (Å²) in [4.78, 5) is 2.64. The van der Waals surface area contributed by atoms with Gasteiger partial charge in [0, 0.05) is 30.2 Å². The first-order valence-electron chi connectivity index (χ1n) is 12.1. The third kappa shape index (κ3) is 7.25. The highest BCUT2D eigenvalue weighted by atomic mass is 35.5. The largest absolute Gasteiger partial charge is 0.343 e. The lowest BCUT2D eigenvalue weighted by Gasteiger charge is -2.21. The smallest absolute Gasteiger partial charge is 0.0595 e. The fraction of sp³-hybridized carbons (Fsp3) is 0.481. The molecule has 174 valence electrons. The molecule has 0 aliphatic carbocycles. The van der Waals surface area contributed by atoms with Gasteiger partial charge >= 0.3 is 0 Å². The number of hydrogen-bond donors (Lipinski definition) is 1. The summed E-state index contributed by atoms with van der Waals surface area (Å²) in [5.74, 6) is 0. The number of aromatic nitrogens is 1. The minimum absolute atomic E-state index is 0.598. The summed E-state index contributed by atoms with van der Waals surface area (Å²) < 4.78 is 2.31. The third-order valence-corrected chi connectivity index (χ3v) is 6.75. The van der Waals surface area contributed by atoms with Crippen LogP contribution in [0.2, 0.25) is 10.0 Å². The Morgan fingerprint density at radius 3 is 2.31 bits per heavy atom. The van der Waals surface area contributed by atoms with Crippen molar-refractivity contribution in [2.24, 2.45) is 0 Å². The van der Waals surface area contributed by atoms with Gasteiger partial charge < -0.3 is 14.8 Å². The highest BCUT2D eigenvalue weighted by Gasteiger charge is 2.10. The first-order chi connectivity index (χ1) is 15.6. The van der Waals surface area contributed by atoms with E-state index in [0.29, 0.717) is 10.0 Å². The van der Waals surface area contributed by atoms with Gasteiger partial charge in [-0.25, -0.2) is 0 Å². The third-order valence-electron chi connectivity index (χ3n) is 6.01. The molecule has 0 radical (unpaired) electrons. The molecule has 32 heavy (non-hydrogen) atoms. The molecule has 0 aliphatic rings. The Bertz CT molecular complexity index is 959. The van der Waals surface area contributed by atoms with Crippen LogP contribution in [0, 0.1) is 0 Å². The van der Waals surface area contributed by atoms with E-state index in [4.69, 9.17) is 23.2 Å². The van der Waals surface area contributed by atoms with Crippen LogP contribution >= 0.6 is 23.2 Å². The molecule has 0 unspecified atom stereocenters. The lowest BCUT2D eigenvalue weighted by Crippen LogP contribution is -2.29. The zero-order chi connectivity index (χ0) is 22.8. The van der Waals surface area contributed by atoms with Crippen molar-refractivity contribution in [1.82, 2.24) is 14.8 Å². The Labute approximate surface area is 203 Å². The Hall–Kier alpha value is -1.52. The number of para-hydroxylation sites is 1. The second-order valence-corrected chi connectivity index (χ2v) is 9.44. The number of nitrogens with zero attached hydrogens (tertiary/aromatic N) is 2. The van der Waals surface area contributed by atoms with Gasteiger partial charge in [0.05, 0.1) is 10.0 Å². The SMILES string of the molecule is CCCCN(CCCC)CCCNCc1cn(Cc2ccc(Cl)c(Cl)c2)c2ccccc12. The van der Waals surface area contributed by atoms with Crippen LogP contribution < -0.4 is 5.32 Å². The summed E-state index contributed by atoms with van der Waals surface area (Å²) in [6.07, 6.45) is 8.61. The predicted octanol–water partition coefficient (Wildman–Crippen LogP) is 7.38. The molecular weight excluding hydrogens is 437 g/mol. The number of halogens is 2. The van der Waals surface area contributed by atoms with E-state index >= 15 is 0 Å². The van der Waals surface area contributed by atoms with E-state index in [0.717, 1.165) is 25.2 Å². The average Bonchev–Trinajstić information content (AvgIpc) is 3.14. The Kier molecular flexibility index (Phi) is 10.4. The molecular formula is C27H37Cl2N3. The van der Waals surface area contributed by atoms with Crippen LogP contribution in [-0.4, -0.2) is 35.6 Å². The number of hydrogen-bond acceptors (Lipinski definition) is 2. The maximum atomic E-state index is 6.23. The average molecular weight is 475 g/mol. The molecule has 0 saturated carbocycles. The van der Waals surface area contributed by atoms with Gasteiger partial charge in [-0.3, -0.25) is 0 Å². The van der Waals surface area contributed by atoms with Gasteiger partial charge in [-0.1, -0.05) is 74.2 Å². The molecule has 3 rings (SSSR count). The zero-order valence-electron chi connectivity index (χ0n) is 19.5. The zero-order valence-corrected chi connectivity index (χ0v) is 21.1. The molecule has 0 aliphatic heterocycles. The van der Waals surface area contributed by atoms with E-state index in [1.54, 1.807) is 0 Å². The summed E-state index contributed by atoms with van der Waals surface area (Å²) in [6, 6.07) is 14.5. The first-order valence-corrected chi connectivity index (χ1v) is 12.8. The van der Waals surface area contributed by atoms with Crippen molar-refractivity contribution in [3.05, 3.63) is 69.8 Å². The summed E-state index contributed by atoms with van der Waals surface area (Å²) in [5.41, 5.74) is 3.74. The topological polar surface area (TPSA) is 20.2 Å². The normalized spacial score (nSPS) is 11.7. The van der Waals surface area contributed by atoms with Crippen molar-refractivity contribution in [3.63, 3.8) is 0 Å². The van der Waals surface area contributed by atoms with Crippen LogP contribution in [0.5, 0.6) is 0 Å². The lowest BCUT2D eigenvalue weighted by atomic mass is 10.2. The summed E-state index contributed by atoms with van der Waals surface area (Å²) in [5, 5.41) is 6.19. The number of rotatable bonds is 14. The van der Waals surface area contributed by atoms with Gasteiger partial charge in [-0.05, 0) is 74.8 Å². The lowest BCUT2D eigenvalue weighted by molar-refractivity contribution is 0.261. The summed E-state index contributed by atoms with van der Waals surface area (Å²) >= 11 is 12.3. The van der Waals surface area contributed by atoms with E-state index in [-0.39, 0.29) is 0 Å². The quantitative estimate of drug-likeness (QED) is 0.246. The number of fused-ring (bicyclic) bond motifs is 1.